The van der Waals surface area contributed by atoms with E-state index in [-0.39, 0.29) is 11.6 Å². The normalized spacial score (nSPS) is 10.2. The third-order valence-electron chi connectivity index (χ3n) is 2.68. The van der Waals surface area contributed by atoms with Crippen molar-refractivity contribution < 1.29 is 13.9 Å². The van der Waals surface area contributed by atoms with Crippen molar-refractivity contribution in [2.75, 3.05) is 20.7 Å². The predicted molar refractivity (Wildman–Crippen MR) is 83.9 cm³/mol. The van der Waals surface area contributed by atoms with Gasteiger partial charge in [-0.3, -0.25) is 4.79 Å². The number of halogens is 1. The fraction of sp³-hybridized carbons (Fsp3) is 0.375. The molecule has 0 fully saturated rings. The lowest BCUT2D eigenvalue weighted by atomic mass is 10.1. The molecule has 0 unspecified atom stereocenters. The van der Waals surface area contributed by atoms with Crippen molar-refractivity contribution in [3.63, 3.8) is 0 Å². The highest BCUT2D eigenvalue weighted by atomic mass is 19.1. The molecule has 0 aromatic heterocycles. The number of aldehydes is 1. The number of nitrogens with zero attached hydrogens (tertiary/aromatic N) is 2. The van der Waals surface area contributed by atoms with Crippen LogP contribution in [0.15, 0.2) is 35.2 Å². The standard InChI is InChI=1S/C14H18FNO2.C2H5N/c1-4-16(9-13(10-17)18-3)8-12-5-6-14(15)11(2)7-12;1-3-2/h5-7,9-10H,4,8H2,1-3H3;1H2,2H3/b13-9+;. The van der Waals surface area contributed by atoms with Crippen LogP contribution in [0.25, 0.3) is 0 Å². The number of hydrogen-bond donors (Lipinski definition) is 0. The second-order valence-corrected chi connectivity index (χ2v) is 4.32. The van der Waals surface area contributed by atoms with E-state index in [9.17, 15) is 9.18 Å². The van der Waals surface area contributed by atoms with Crippen molar-refractivity contribution in [3.8, 4) is 0 Å². The van der Waals surface area contributed by atoms with Crippen LogP contribution >= 0.6 is 0 Å². The zero-order valence-electron chi connectivity index (χ0n) is 13.1. The van der Waals surface area contributed by atoms with Crippen LogP contribution in [0.4, 0.5) is 4.39 Å². The molecule has 0 N–H and O–H groups in total. The van der Waals surface area contributed by atoms with Crippen molar-refractivity contribution >= 4 is 13.0 Å². The summed E-state index contributed by atoms with van der Waals surface area (Å²) in [6, 6.07) is 5.00. The summed E-state index contributed by atoms with van der Waals surface area (Å²) in [7, 11) is 3.09. The molecule has 0 aliphatic rings. The molecule has 0 aliphatic carbocycles. The van der Waals surface area contributed by atoms with Crippen LogP contribution in [0.2, 0.25) is 0 Å². The number of allylic oxidation sites excluding steroid dienone is 1. The Hall–Kier alpha value is -2.17. The molecule has 0 spiro atoms. The summed E-state index contributed by atoms with van der Waals surface area (Å²) >= 11 is 0. The summed E-state index contributed by atoms with van der Waals surface area (Å²) in [6.07, 6.45) is 2.32. The van der Waals surface area contributed by atoms with Crippen LogP contribution in [0.5, 0.6) is 0 Å². The van der Waals surface area contributed by atoms with Gasteiger partial charge in [-0.1, -0.05) is 12.1 Å². The Balaban J connectivity index is 0.00000122. The van der Waals surface area contributed by atoms with Crippen molar-refractivity contribution in [3.05, 3.63) is 47.1 Å². The Bertz CT molecular complexity index is 487. The SMILES string of the molecule is C=NC.CCN(/C=C(\C=O)OC)Cc1ccc(F)c(C)c1. The second-order valence-electron chi connectivity index (χ2n) is 4.32. The van der Waals surface area contributed by atoms with E-state index >= 15 is 0 Å². The zero-order chi connectivity index (χ0) is 16.3. The van der Waals surface area contributed by atoms with Gasteiger partial charge in [-0.2, -0.15) is 0 Å². The molecule has 0 heterocycles. The third-order valence-corrected chi connectivity index (χ3v) is 2.68. The first-order valence-electron chi connectivity index (χ1n) is 6.57. The molecule has 1 rings (SSSR count). The van der Waals surface area contributed by atoms with Crippen molar-refractivity contribution in [1.29, 1.82) is 0 Å². The lowest BCUT2D eigenvalue weighted by Gasteiger charge is -2.19. The molecule has 0 saturated heterocycles. The quantitative estimate of drug-likeness (QED) is 0.350. The monoisotopic (exact) mass is 294 g/mol. The summed E-state index contributed by atoms with van der Waals surface area (Å²) in [5, 5.41) is 0. The molecule has 0 radical (unpaired) electrons. The minimum absolute atomic E-state index is 0.206. The molecular formula is C16H23FN2O2. The van der Waals surface area contributed by atoms with Gasteiger partial charge in [0.25, 0.3) is 0 Å². The highest BCUT2D eigenvalue weighted by molar-refractivity contribution is 5.69. The van der Waals surface area contributed by atoms with E-state index in [4.69, 9.17) is 4.74 Å². The average Bonchev–Trinajstić information content (AvgIpc) is 2.48. The van der Waals surface area contributed by atoms with E-state index in [1.54, 1.807) is 32.3 Å². The Morgan fingerprint density at radius 2 is 2.14 bits per heavy atom. The first-order chi connectivity index (χ1) is 10.0. The average molecular weight is 294 g/mol. The fourth-order valence-electron chi connectivity index (χ4n) is 1.60. The fourth-order valence-corrected chi connectivity index (χ4v) is 1.60. The lowest BCUT2D eigenvalue weighted by molar-refractivity contribution is -0.107. The molecular weight excluding hydrogens is 271 g/mol. The topological polar surface area (TPSA) is 41.9 Å². The Morgan fingerprint density at radius 3 is 2.57 bits per heavy atom. The summed E-state index contributed by atoms with van der Waals surface area (Å²) in [5.74, 6) is 0.0681. The molecule has 0 aliphatic heterocycles. The maximum Gasteiger partial charge on any atom is 0.186 e. The van der Waals surface area contributed by atoms with Gasteiger partial charge in [-0.25, -0.2) is 4.39 Å². The van der Waals surface area contributed by atoms with E-state index < -0.39 is 0 Å². The van der Waals surface area contributed by atoms with Gasteiger partial charge in [0, 0.05) is 26.3 Å². The van der Waals surface area contributed by atoms with Gasteiger partial charge in [0.15, 0.2) is 12.0 Å². The Kier molecular flexibility index (Phi) is 9.50. The van der Waals surface area contributed by atoms with E-state index in [1.807, 2.05) is 11.8 Å². The number of carbonyl (C=O) groups excluding carboxylic acids is 1. The molecule has 116 valence electrons. The van der Waals surface area contributed by atoms with E-state index in [0.29, 0.717) is 18.4 Å². The number of hydrogen-bond acceptors (Lipinski definition) is 4. The molecule has 0 amide bonds. The summed E-state index contributed by atoms with van der Waals surface area (Å²) in [6.45, 7) is 8.16. The third kappa shape index (κ3) is 7.25. The molecule has 0 bridgehead atoms. The summed E-state index contributed by atoms with van der Waals surface area (Å²) in [5.41, 5.74) is 1.61. The number of methoxy groups -OCH3 is 1. The largest absolute Gasteiger partial charge is 0.492 e. The minimum Gasteiger partial charge on any atom is -0.492 e. The summed E-state index contributed by atoms with van der Waals surface area (Å²) in [4.78, 5) is 15.8. The molecule has 1 aromatic rings. The van der Waals surface area contributed by atoms with Crippen LogP contribution in [0, 0.1) is 12.7 Å². The first-order valence-corrected chi connectivity index (χ1v) is 6.57. The van der Waals surface area contributed by atoms with Gasteiger partial charge in [-0.15, -0.1) is 0 Å². The van der Waals surface area contributed by atoms with Gasteiger partial charge < -0.3 is 14.6 Å². The number of rotatable bonds is 6. The highest BCUT2D eigenvalue weighted by Gasteiger charge is 2.04. The van der Waals surface area contributed by atoms with Crippen LogP contribution < -0.4 is 0 Å². The van der Waals surface area contributed by atoms with Crippen LogP contribution in [0.3, 0.4) is 0 Å². The summed E-state index contributed by atoms with van der Waals surface area (Å²) < 4.78 is 18.0. The number of ether oxygens (including phenoxy) is 1. The second kappa shape index (κ2) is 10.6. The Morgan fingerprint density at radius 1 is 1.52 bits per heavy atom. The van der Waals surface area contributed by atoms with Crippen LogP contribution in [0.1, 0.15) is 18.1 Å². The van der Waals surface area contributed by atoms with Gasteiger partial charge >= 0.3 is 0 Å². The predicted octanol–water partition coefficient (Wildman–Crippen LogP) is 2.96. The van der Waals surface area contributed by atoms with Crippen molar-refractivity contribution in [2.45, 2.75) is 20.4 Å². The molecule has 1 aromatic carbocycles. The number of benzene rings is 1. The number of aliphatic imine (C=N–C) groups is 1. The molecule has 4 nitrogen and oxygen atoms in total. The first kappa shape index (κ1) is 18.8. The van der Waals surface area contributed by atoms with Crippen molar-refractivity contribution in [2.24, 2.45) is 4.99 Å². The number of carbonyl (C=O) groups is 1. The molecule has 5 heteroatoms. The smallest absolute Gasteiger partial charge is 0.186 e. The maximum atomic E-state index is 13.1. The molecule has 21 heavy (non-hydrogen) atoms. The molecule has 0 saturated carbocycles. The highest BCUT2D eigenvalue weighted by Crippen LogP contribution is 2.12. The van der Waals surface area contributed by atoms with E-state index in [2.05, 4.69) is 11.7 Å². The van der Waals surface area contributed by atoms with E-state index in [1.165, 1.54) is 13.2 Å². The Labute approximate surface area is 125 Å². The van der Waals surface area contributed by atoms with Gasteiger partial charge in [-0.05, 0) is 37.8 Å². The van der Waals surface area contributed by atoms with Crippen molar-refractivity contribution in [1.82, 2.24) is 4.90 Å². The lowest BCUT2D eigenvalue weighted by Crippen LogP contribution is -2.17. The van der Waals surface area contributed by atoms with Gasteiger partial charge in [0.1, 0.15) is 5.82 Å². The molecule has 0 atom stereocenters. The maximum absolute atomic E-state index is 13.1. The van der Waals surface area contributed by atoms with Gasteiger partial charge in [0.05, 0.1) is 7.11 Å². The van der Waals surface area contributed by atoms with Gasteiger partial charge in [0.2, 0.25) is 0 Å². The zero-order valence-corrected chi connectivity index (χ0v) is 13.1. The van der Waals surface area contributed by atoms with Crippen LogP contribution in [-0.2, 0) is 16.1 Å². The minimum atomic E-state index is -0.206. The van der Waals surface area contributed by atoms with E-state index in [0.717, 1.165) is 12.1 Å². The number of aryl methyl sites for hydroxylation is 1. The van der Waals surface area contributed by atoms with Crippen LogP contribution in [-0.4, -0.2) is 38.6 Å².